The minimum atomic E-state index is -3.47. The van der Waals surface area contributed by atoms with E-state index in [0.29, 0.717) is 23.4 Å². The van der Waals surface area contributed by atoms with Gasteiger partial charge in [-0.2, -0.15) is 5.10 Å². The third kappa shape index (κ3) is 4.13. The third-order valence-electron chi connectivity index (χ3n) is 4.81. The van der Waals surface area contributed by atoms with Gasteiger partial charge in [-0.15, -0.1) is 0 Å². The van der Waals surface area contributed by atoms with Gasteiger partial charge in [0.2, 0.25) is 10.0 Å². The van der Waals surface area contributed by atoms with Crippen LogP contribution in [0.1, 0.15) is 39.7 Å². The first-order chi connectivity index (χ1) is 14.3. The van der Waals surface area contributed by atoms with E-state index in [1.165, 1.54) is 11.3 Å². The second-order valence-electron chi connectivity index (χ2n) is 7.23. The van der Waals surface area contributed by atoms with Crippen LogP contribution in [0.4, 0.5) is 5.69 Å². The van der Waals surface area contributed by atoms with Crippen LogP contribution in [-0.2, 0) is 10.0 Å². The standard InChI is InChI=1S/C22H21N3O4S/c1-15-7-5-8-16(13-15)20-14-19(23-25(20)22(26)21-11-6-12-29-21)17-9-3-4-10-18(17)24-30(2,27)28/h3-13,20,24H,14H2,1-2H3/t20-/m1/s1. The average Bonchev–Trinajstić information content (AvgIpc) is 3.37. The molecule has 7 nitrogen and oxygen atoms in total. The maximum Gasteiger partial charge on any atom is 0.310 e. The van der Waals surface area contributed by atoms with Crippen LogP contribution in [0, 0.1) is 6.92 Å². The van der Waals surface area contributed by atoms with E-state index in [1.807, 2.05) is 37.3 Å². The Morgan fingerprint density at radius 1 is 1.13 bits per heavy atom. The molecule has 1 atom stereocenters. The summed E-state index contributed by atoms with van der Waals surface area (Å²) in [4.78, 5) is 13.1. The molecule has 1 aliphatic rings. The number of nitrogens with one attached hydrogen (secondary N) is 1. The maximum atomic E-state index is 13.1. The van der Waals surface area contributed by atoms with Crippen molar-refractivity contribution in [3.05, 3.63) is 89.4 Å². The minimum absolute atomic E-state index is 0.195. The van der Waals surface area contributed by atoms with Crippen LogP contribution in [0.25, 0.3) is 0 Å². The first kappa shape index (κ1) is 19.9. The van der Waals surface area contributed by atoms with E-state index in [0.717, 1.165) is 17.4 Å². The summed E-state index contributed by atoms with van der Waals surface area (Å²) in [5.41, 5.74) is 3.70. The predicted octanol–water partition coefficient (Wildman–Crippen LogP) is 3.95. The Morgan fingerprint density at radius 3 is 2.63 bits per heavy atom. The summed E-state index contributed by atoms with van der Waals surface area (Å²) >= 11 is 0. The molecule has 1 N–H and O–H groups in total. The molecule has 2 heterocycles. The zero-order valence-corrected chi connectivity index (χ0v) is 17.4. The Morgan fingerprint density at radius 2 is 1.93 bits per heavy atom. The molecule has 1 amide bonds. The van der Waals surface area contributed by atoms with Crippen molar-refractivity contribution in [2.45, 2.75) is 19.4 Å². The quantitative estimate of drug-likeness (QED) is 0.673. The first-order valence-corrected chi connectivity index (χ1v) is 11.3. The number of rotatable bonds is 5. The number of hydrogen-bond donors (Lipinski definition) is 1. The number of amides is 1. The number of carbonyl (C=O) groups is 1. The summed E-state index contributed by atoms with van der Waals surface area (Å²) < 4.78 is 31.4. The largest absolute Gasteiger partial charge is 0.459 e. The van der Waals surface area contributed by atoms with Crippen molar-refractivity contribution in [2.24, 2.45) is 5.10 Å². The Bertz CT molecular complexity index is 1220. The van der Waals surface area contributed by atoms with Crippen molar-refractivity contribution in [1.29, 1.82) is 0 Å². The van der Waals surface area contributed by atoms with E-state index in [9.17, 15) is 13.2 Å². The Labute approximate surface area is 175 Å². The number of furan rings is 1. The molecule has 0 fully saturated rings. The van der Waals surface area contributed by atoms with Gasteiger partial charge >= 0.3 is 5.91 Å². The molecular weight excluding hydrogens is 402 g/mol. The van der Waals surface area contributed by atoms with Crippen LogP contribution < -0.4 is 4.72 Å². The van der Waals surface area contributed by atoms with E-state index < -0.39 is 10.0 Å². The lowest BCUT2D eigenvalue weighted by Gasteiger charge is -2.21. The third-order valence-corrected chi connectivity index (χ3v) is 5.40. The molecule has 0 spiro atoms. The van der Waals surface area contributed by atoms with Gasteiger partial charge < -0.3 is 4.42 Å². The maximum absolute atomic E-state index is 13.1. The van der Waals surface area contributed by atoms with Crippen LogP contribution in [0.15, 0.2) is 76.4 Å². The molecule has 0 unspecified atom stereocenters. The van der Waals surface area contributed by atoms with Gasteiger partial charge in [-0.1, -0.05) is 48.0 Å². The average molecular weight is 423 g/mol. The summed E-state index contributed by atoms with van der Waals surface area (Å²) in [6.07, 6.45) is 2.99. The van der Waals surface area contributed by atoms with Crippen LogP contribution in [0.2, 0.25) is 0 Å². The summed E-state index contributed by atoms with van der Waals surface area (Å²) in [6.45, 7) is 1.99. The van der Waals surface area contributed by atoms with Crippen molar-refractivity contribution in [1.82, 2.24) is 5.01 Å². The monoisotopic (exact) mass is 423 g/mol. The number of para-hydroxylation sites is 1. The summed E-state index contributed by atoms with van der Waals surface area (Å²) in [7, 11) is -3.47. The molecule has 0 saturated heterocycles. The van der Waals surface area contributed by atoms with Gasteiger partial charge in [-0.05, 0) is 30.7 Å². The highest BCUT2D eigenvalue weighted by Crippen LogP contribution is 2.36. The number of carbonyl (C=O) groups excluding carboxylic acids is 1. The highest BCUT2D eigenvalue weighted by molar-refractivity contribution is 7.92. The number of benzene rings is 2. The molecule has 8 heteroatoms. The number of anilines is 1. The summed E-state index contributed by atoms with van der Waals surface area (Å²) in [6, 6.07) is 17.9. The lowest BCUT2D eigenvalue weighted by molar-refractivity contribution is 0.0678. The van der Waals surface area contributed by atoms with E-state index in [-0.39, 0.29) is 17.7 Å². The van der Waals surface area contributed by atoms with Gasteiger partial charge in [0.1, 0.15) is 0 Å². The molecule has 30 heavy (non-hydrogen) atoms. The van der Waals surface area contributed by atoms with Gasteiger partial charge in [-0.25, -0.2) is 13.4 Å². The zero-order valence-electron chi connectivity index (χ0n) is 16.6. The molecule has 0 aliphatic carbocycles. The fraction of sp³-hybridized carbons (Fsp3) is 0.182. The summed E-state index contributed by atoms with van der Waals surface area (Å²) in [5, 5.41) is 6.01. The zero-order chi connectivity index (χ0) is 21.3. The number of nitrogens with zero attached hydrogens (tertiary/aromatic N) is 2. The van der Waals surface area contributed by atoms with Crippen LogP contribution >= 0.6 is 0 Å². The fourth-order valence-electron chi connectivity index (χ4n) is 3.53. The van der Waals surface area contributed by atoms with Crippen molar-refractivity contribution in [3.63, 3.8) is 0 Å². The first-order valence-electron chi connectivity index (χ1n) is 9.40. The molecular formula is C22H21N3O4S. The normalized spacial score (nSPS) is 16.4. The number of hydrazone groups is 1. The van der Waals surface area contributed by atoms with Gasteiger partial charge in [0.05, 0.1) is 30.0 Å². The van der Waals surface area contributed by atoms with Crippen molar-refractivity contribution in [3.8, 4) is 0 Å². The Hall–Kier alpha value is -3.39. The summed E-state index contributed by atoms with van der Waals surface area (Å²) in [5.74, 6) is -0.157. The molecule has 0 bridgehead atoms. The van der Waals surface area contributed by atoms with Crippen molar-refractivity contribution >= 4 is 27.3 Å². The molecule has 1 aliphatic heterocycles. The van der Waals surface area contributed by atoms with Crippen LogP contribution in [-0.4, -0.2) is 31.3 Å². The van der Waals surface area contributed by atoms with E-state index >= 15 is 0 Å². The van der Waals surface area contributed by atoms with E-state index in [1.54, 1.807) is 30.3 Å². The van der Waals surface area contributed by atoms with Gasteiger partial charge in [0.25, 0.3) is 0 Å². The molecule has 154 valence electrons. The lowest BCUT2D eigenvalue weighted by atomic mass is 9.96. The van der Waals surface area contributed by atoms with Crippen molar-refractivity contribution in [2.75, 3.05) is 11.0 Å². The molecule has 0 radical (unpaired) electrons. The number of hydrogen-bond acceptors (Lipinski definition) is 5. The molecule has 3 aromatic rings. The number of sulfonamides is 1. The topological polar surface area (TPSA) is 92.0 Å². The fourth-order valence-corrected chi connectivity index (χ4v) is 4.11. The van der Waals surface area contributed by atoms with Crippen LogP contribution in [0.3, 0.4) is 0 Å². The number of aryl methyl sites for hydroxylation is 1. The lowest BCUT2D eigenvalue weighted by Crippen LogP contribution is -2.26. The second-order valence-corrected chi connectivity index (χ2v) is 8.98. The van der Waals surface area contributed by atoms with Gasteiger partial charge in [0, 0.05) is 12.0 Å². The highest BCUT2D eigenvalue weighted by Gasteiger charge is 2.35. The van der Waals surface area contributed by atoms with Gasteiger partial charge in [0.15, 0.2) is 5.76 Å². The van der Waals surface area contributed by atoms with E-state index in [4.69, 9.17) is 4.42 Å². The highest BCUT2D eigenvalue weighted by atomic mass is 32.2. The smallest absolute Gasteiger partial charge is 0.310 e. The van der Waals surface area contributed by atoms with Gasteiger partial charge in [-0.3, -0.25) is 9.52 Å². The Kier molecular flexibility index (Phi) is 5.17. The molecule has 1 aromatic heterocycles. The SMILES string of the molecule is Cc1cccc([C@H]2CC(c3ccccc3NS(C)(=O)=O)=NN2C(=O)c2ccco2)c1. The van der Waals surface area contributed by atoms with Crippen molar-refractivity contribution < 1.29 is 17.6 Å². The Balaban J connectivity index is 1.77. The van der Waals surface area contributed by atoms with Crippen LogP contribution in [0.5, 0.6) is 0 Å². The second kappa shape index (κ2) is 7.79. The minimum Gasteiger partial charge on any atom is -0.459 e. The molecule has 0 saturated carbocycles. The predicted molar refractivity (Wildman–Crippen MR) is 115 cm³/mol. The van der Waals surface area contributed by atoms with E-state index in [2.05, 4.69) is 9.82 Å². The molecule has 2 aromatic carbocycles. The molecule has 4 rings (SSSR count).